The molecule has 1 aromatic heterocycles. The molecule has 0 bridgehead atoms. The van der Waals surface area contributed by atoms with Crippen molar-refractivity contribution in [3.8, 4) is 0 Å². The van der Waals surface area contributed by atoms with E-state index in [0.717, 1.165) is 10.2 Å². The van der Waals surface area contributed by atoms with Gasteiger partial charge in [0, 0.05) is 18.0 Å². The van der Waals surface area contributed by atoms with Gasteiger partial charge in [-0.15, -0.1) is 0 Å². The Bertz CT molecular complexity index is 1170. The Balaban J connectivity index is 1.95. The number of nitrogens with zero attached hydrogens (tertiary/aromatic N) is 1. The number of nitrogens with one attached hydrogen (secondary N) is 1. The Labute approximate surface area is 166 Å². The molecule has 3 rings (SSSR count). The van der Waals surface area contributed by atoms with Crippen LogP contribution in [0.2, 0.25) is 5.02 Å². The van der Waals surface area contributed by atoms with Crippen molar-refractivity contribution in [2.75, 3.05) is 6.26 Å². The minimum absolute atomic E-state index is 0.0887. The molecule has 1 atom stereocenters. The number of rotatable bonds is 6. The van der Waals surface area contributed by atoms with Crippen molar-refractivity contribution in [3.63, 3.8) is 0 Å². The average Bonchev–Trinajstić information content (AvgIpc) is 3.00. The van der Waals surface area contributed by atoms with Gasteiger partial charge >= 0.3 is 5.97 Å². The maximum Gasteiger partial charge on any atom is 0.326 e. The van der Waals surface area contributed by atoms with Gasteiger partial charge in [-0.3, -0.25) is 4.79 Å². The van der Waals surface area contributed by atoms with E-state index in [0.29, 0.717) is 16.5 Å². The molecule has 2 N–H and O–H groups in total. The van der Waals surface area contributed by atoms with Crippen molar-refractivity contribution in [2.24, 2.45) is 0 Å². The highest BCUT2D eigenvalue weighted by Gasteiger charge is 2.25. The van der Waals surface area contributed by atoms with Crippen LogP contribution in [0.15, 0.2) is 54.7 Å². The summed E-state index contributed by atoms with van der Waals surface area (Å²) >= 11 is 6.00. The molecule has 0 fully saturated rings. The minimum atomic E-state index is -3.57. The molecule has 0 radical (unpaired) electrons. The molecule has 0 aliphatic carbocycles. The summed E-state index contributed by atoms with van der Waals surface area (Å²) in [6.45, 7) is 0. The Morgan fingerprint density at radius 3 is 2.43 bits per heavy atom. The van der Waals surface area contributed by atoms with E-state index < -0.39 is 27.9 Å². The van der Waals surface area contributed by atoms with Gasteiger partial charge in [-0.2, -0.15) is 0 Å². The molecule has 0 aliphatic rings. The molecule has 1 unspecified atom stereocenters. The molecular weight excluding hydrogens is 404 g/mol. The molecule has 0 saturated heterocycles. The lowest BCUT2D eigenvalue weighted by Crippen LogP contribution is -2.42. The summed E-state index contributed by atoms with van der Waals surface area (Å²) in [4.78, 5) is 24.2. The summed E-state index contributed by atoms with van der Waals surface area (Å²) in [5.41, 5.74) is 1.10. The number of benzene rings is 2. The molecule has 9 heteroatoms. The lowest BCUT2D eigenvalue weighted by molar-refractivity contribution is -0.139. The topological polar surface area (TPSA) is 105 Å². The number of aromatic nitrogens is 1. The lowest BCUT2D eigenvalue weighted by atomic mass is 10.0. The van der Waals surface area contributed by atoms with Crippen molar-refractivity contribution in [1.29, 1.82) is 0 Å². The number of carboxylic acids is 1. The summed E-state index contributed by atoms with van der Waals surface area (Å²) in [7, 11) is -3.57. The molecule has 1 heterocycles. The third kappa shape index (κ3) is 4.02. The van der Waals surface area contributed by atoms with Crippen LogP contribution in [-0.4, -0.2) is 41.7 Å². The first kappa shape index (κ1) is 19.9. The van der Waals surface area contributed by atoms with E-state index in [4.69, 9.17) is 11.6 Å². The van der Waals surface area contributed by atoms with Crippen LogP contribution in [-0.2, 0) is 21.2 Å². The second-order valence-electron chi connectivity index (χ2n) is 6.28. The van der Waals surface area contributed by atoms with Gasteiger partial charge in [-0.25, -0.2) is 17.2 Å². The maximum atomic E-state index is 12.4. The fourth-order valence-electron chi connectivity index (χ4n) is 2.96. The summed E-state index contributed by atoms with van der Waals surface area (Å²) in [5, 5.41) is 12.8. The Morgan fingerprint density at radius 1 is 1.14 bits per heavy atom. The highest BCUT2D eigenvalue weighted by Crippen LogP contribution is 2.24. The highest BCUT2D eigenvalue weighted by atomic mass is 35.5. The Kier molecular flexibility index (Phi) is 5.44. The number of carboxylic acid groups (broad SMARTS) is 1. The van der Waals surface area contributed by atoms with Gasteiger partial charge in [-0.1, -0.05) is 41.9 Å². The van der Waals surface area contributed by atoms with Crippen LogP contribution in [0, 0.1) is 0 Å². The average molecular weight is 421 g/mol. The fourth-order valence-corrected chi connectivity index (χ4v) is 4.01. The smallest absolute Gasteiger partial charge is 0.326 e. The van der Waals surface area contributed by atoms with E-state index in [1.54, 1.807) is 36.4 Å². The van der Waals surface area contributed by atoms with Gasteiger partial charge in [0.25, 0.3) is 5.91 Å². The molecule has 1 amide bonds. The van der Waals surface area contributed by atoms with Crippen LogP contribution in [0.1, 0.15) is 15.9 Å². The number of aliphatic carboxylic acids is 1. The van der Waals surface area contributed by atoms with E-state index in [1.807, 2.05) is 0 Å². The van der Waals surface area contributed by atoms with E-state index in [2.05, 4.69) is 5.32 Å². The maximum absolute atomic E-state index is 12.4. The minimum Gasteiger partial charge on any atom is -0.480 e. The number of hydrogen-bond donors (Lipinski definition) is 2. The Hall–Kier alpha value is -2.84. The van der Waals surface area contributed by atoms with Crippen LogP contribution < -0.4 is 5.32 Å². The monoisotopic (exact) mass is 420 g/mol. The SMILES string of the molecule is CS(=O)(=O)n1cc(CC(NC(=O)c2ccccc2Cl)C(=O)O)c2ccccc21. The molecular formula is C19H17ClN2O5S. The number of amides is 1. The molecule has 2 aromatic carbocycles. The lowest BCUT2D eigenvalue weighted by Gasteiger charge is -2.15. The van der Waals surface area contributed by atoms with Gasteiger partial charge in [-0.05, 0) is 23.8 Å². The first-order valence-corrected chi connectivity index (χ1v) is 10.5. The zero-order valence-electron chi connectivity index (χ0n) is 14.8. The number of carbonyl (C=O) groups excluding carboxylic acids is 1. The number of fused-ring (bicyclic) bond motifs is 1. The van der Waals surface area contributed by atoms with Crippen LogP contribution in [0.25, 0.3) is 10.9 Å². The van der Waals surface area contributed by atoms with E-state index in [-0.39, 0.29) is 17.0 Å². The van der Waals surface area contributed by atoms with Crippen LogP contribution in [0.4, 0.5) is 0 Å². The molecule has 0 spiro atoms. The zero-order chi connectivity index (χ0) is 20.5. The molecule has 0 aliphatic heterocycles. The first-order valence-electron chi connectivity index (χ1n) is 8.26. The third-order valence-electron chi connectivity index (χ3n) is 4.26. The highest BCUT2D eigenvalue weighted by molar-refractivity contribution is 7.89. The Morgan fingerprint density at radius 2 is 1.79 bits per heavy atom. The summed E-state index contributed by atoms with van der Waals surface area (Å²) in [5.74, 6) is -1.86. The molecule has 146 valence electrons. The number of para-hydroxylation sites is 1. The quantitative estimate of drug-likeness (QED) is 0.637. The van der Waals surface area contributed by atoms with Gasteiger partial charge in [0.05, 0.1) is 22.4 Å². The number of carbonyl (C=O) groups is 2. The standard InChI is InChI=1S/C19H17ClN2O5S/c1-28(26,27)22-11-12(13-6-3-5-9-17(13)22)10-16(19(24)25)21-18(23)14-7-2-4-8-15(14)20/h2-9,11,16H,10H2,1H3,(H,21,23)(H,24,25). The number of halogens is 1. The molecule has 3 aromatic rings. The second kappa shape index (κ2) is 7.65. The van der Waals surface area contributed by atoms with E-state index >= 15 is 0 Å². The normalized spacial score (nSPS) is 12.6. The van der Waals surface area contributed by atoms with Crippen LogP contribution in [0.3, 0.4) is 0 Å². The number of hydrogen-bond acceptors (Lipinski definition) is 4. The summed E-state index contributed by atoms with van der Waals surface area (Å²) < 4.78 is 25.2. The van der Waals surface area contributed by atoms with E-state index in [9.17, 15) is 23.1 Å². The van der Waals surface area contributed by atoms with E-state index in [1.165, 1.54) is 18.3 Å². The second-order valence-corrected chi connectivity index (χ2v) is 8.55. The summed E-state index contributed by atoms with van der Waals surface area (Å²) in [6.07, 6.45) is 2.36. The predicted molar refractivity (Wildman–Crippen MR) is 106 cm³/mol. The zero-order valence-corrected chi connectivity index (χ0v) is 16.4. The summed E-state index contributed by atoms with van der Waals surface area (Å²) in [6, 6.07) is 11.8. The van der Waals surface area contributed by atoms with Gasteiger partial charge in [0.1, 0.15) is 6.04 Å². The van der Waals surface area contributed by atoms with Crippen molar-refractivity contribution < 1.29 is 23.1 Å². The van der Waals surface area contributed by atoms with Crippen molar-refractivity contribution in [3.05, 3.63) is 70.9 Å². The predicted octanol–water partition coefficient (Wildman–Crippen LogP) is 2.53. The van der Waals surface area contributed by atoms with Gasteiger partial charge in [0.2, 0.25) is 10.0 Å². The van der Waals surface area contributed by atoms with Crippen molar-refractivity contribution in [2.45, 2.75) is 12.5 Å². The molecule has 28 heavy (non-hydrogen) atoms. The molecule has 7 nitrogen and oxygen atoms in total. The van der Waals surface area contributed by atoms with Crippen molar-refractivity contribution in [1.82, 2.24) is 9.29 Å². The largest absolute Gasteiger partial charge is 0.480 e. The van der Waals surface area contributed by atoms with Gasteiger partial charge < -0.3 is 10.4 Å². The third-order valence-corrected chi connectivity index (χ3v) is 5.61. The first-order chi connectivity index (χ1) is 13.2. The van der Waals surface area contributed by atoms with Crippen molar-refractivity contribution >= 4 is 44.4 Å². The fraction of sp³-hybridized carbons (Fsp3) is 0.158. The molecule has 0 saturated carbocycles. The van der Waals surface area contributed by atoms with Crippen LogP contribution in [0.5, 0.6) is 0 Å². The van der Waals surface area contributed by atoms with Gasteiger partial charge in [0.15, 0.2) is 0 Å². The van der Waals surface area contributed by atoms with Crippen LogP contribution >= 0.6 is 11.6 Å².